The van der Waals surface area contributed by atoms with Crippen molar-refractivity contribution in [2.24, 2.45) is 0 Å². The van der Waals surface area contributed by atoms with Crippen LogP contribution >= 0.6 is 0 Å². The van der Waals surface area contributed by atoms with Gasteiger partial charge < -0.3 is 20.7 Å². The van der Waals surface area contributed by atoms with Crippen LogP contribution in [0.2, 0.25) is 0 Å². The van der Waals surface area contributed by atoms with Crippen molar-refractivity contribution in [3.05, 3.63) is 60.3 Å². The fourth-order valence-corrected chi connectivity index (χ4v) is 3.09. The molecule has 0 fully saturated rings. The van der Waals surface area contributed by atoms with E-state index in [1.807, 2.05) is 30.3 Å². The number of hydrogen-bond donors (Lipinski definition) is 4. The number of amides is 1. The summed E-state index contributed by atoms with van der Waals surface area (Å²) in [6, 6.07) is 14.1. The molecule has 0 unspecified atom stereocenters. The number of aromatic carboxylic acids is 1. The number of rotatable bonds is 4. The van der Waals surface area contributed by atoms with Crippen molar-refractivity contribution in [1.82, 2.24) is 9.97 Å². The van der Waals surface area contributed by atoms with Crippen LogP contribution in [0.25, 0.3) is 21.9 Å². The number of benzene rings is 2. The zero-order valence-corrected chi connectivity index (χ0v) is 14.4. The summed E-state index contributed by atoms with van der Waals surface area (Å²) in [7, 11) is 0. The first-order valence-corrected chi connectivity index (χ1v) is 8.30. The van der Waals surface area contributed by atoms with E-state index >= 15 is 0 Å². The number of anilines is 3. The first-order chi connectivity index (χ1) is 13.0. The summed E-state index contributed by atoms with van der Waals surface area (Å²) in [5.41, 5.74) is 3.93. The molecule has 0 aliphatic heterocycles. The number of H-pyrrole nitrogens is 1. The molecule has 2 heterocycles. The fourth-order valence-electron chi connectivity index (χ4n) is 3.09. The smallest absolute Gasteiger partial charge is 0.335 e. The minimum atomic E-state index is -0.976. The van der Waals surface area contributed by atoms with Gasteiger partial charge in [-0.3, -0.25) is 4.79 Å². The molecular formula is C20H16N4O3. The summed E-state index contributed by atoms with van der Waals surface area (Å²) in [4.78, 5) is 30.1. The number of carboxylic acids is 1. The van der Waals surface area contributed by atoms with Crippen LogP contribution in [0.5, 0.6) is 0 Å². The van der Waals surface area contributed by atoms with Gasteiger partial charge in [-0.25, -0.2) is 9.78 Å². The largest absolute Gasteiger partial charge is 0.478 e. The van der Waals surface area contributed by atoms with Crippen molar-refractivity contribution in [3.8, 4) is 0 Å². The number of nitrogens with zero attached hydrogens (tertiary/aromatic N) is 1. The van der Waals surface area contributed by atoms with E-state index in [0.717, 1.165) is 22.0 Å². The number of fused-ring (bicyclic) bond motifs is 3. The molecule has 0 radical (unpaired) electrons. The Morgan fingerprint density at radius 1 is 1.07 bits per heavy atom. The van der Waals surface area contributed by atoms with E-state index in [2.05, 4.69) is 20.6 Å². The highest BCUT2D eigenvalue weighted by atomic mass is 16.4. The second kappa shape index (κ2) is 6.45. The van der Waals surface area contributed by atoms with E-state index in [0.29, 0.717) is 17.0 Å². The van der Waals surface area contributed by atoms with Gasteiger partial charge in [0, 0.05) is 35.4 Å². The molecule has 2 aromatic heterocycles. The van der Waals surface area contributed by atoms with Crippen LogP contribution in [-0.4, -0.2) is 27.0 Å². The highest BCUT2D eigenvalue weighted by molar-refractivity contribution is 6.13. The van der Waals surface area contributed by atoms with Gasteiger partial charge in [-0.15, -0.1) is 0 Å². The van der Waals surface area contributed by atoms with E-state index < -0.39 is 5.97 Å². The average Bonchev–Trinajstić information content (AvgIpc) is 3.00. The third kappa shape index (κ3) is 3.18. The maximum atomic E-state index is 11.3. The summed E-state index contributed by atoms with van der Waals surface area (Å²) in [6.45, 7) is 1.46. The summed E-state index contributed by atoms with van der Waals surface area (Å²) < 4.78 is 0. The SMILES string of the molecule is CC(=O)Nc1ccc2c(c1)[nH]c1nccc(Nc3cccc(C(=O)O)c3)c12. The van der Waals surface area contributed by atoms with E-state index in [9.17, 15) is 14.7 Å². The number of carbonyl (C=O) groups excluding carboxylic acids is 1. The molecule has 4 N–H and O–H groups in total. The molecule has 0 bridgehead atoms. The van der Waals surface area contributed by atoms with Gasteiger partial charge in [0.2, 0.25) is 5.91 Å². The molecule has 0 aliphatic rings. The topological polar surface area (TPSA) is 107 Å². The van der Waals surface area contributed by atoms with Gasteiger partial charge in [0.25, 0.3) is 0 Å². The lowest BCUT2D eigenvalue weighted by Crippen LogP contribution is -2.05. The Morgan fingerprint density at radius 3 is 2.70 bits per heavy atom. The van der Waals surface area contributed by atoms with Gasteiger partial charge in [-0.05, 0) is 36.4 Å². The first kappa shape index (κ1) is 16.6. The number of hydrogen-bond acceptors (Lipinski definition) is 4. The van der Waals surface area contributed by atoms with E-state index in [4.69, 9.17) is 0 Å². The molecule has 27 heavy (non-hydrogen) atoms. The molecule has 4 aromatic rings. The second-order valence-electron chi connectivity index (χ2n) is 6.16. The van der Waals surface area contributed by atoms with Crippen LogP contribution in [-0.2, 0) is 4.79 Å². The summed E-state index contributed by atoms with van der Waals surface area (Å²) >= 11 is 0. The molecular weight excluding hydrogens is 344 g/mol. The zero-order chi connectivity index (χ0) is 19.0. The predicted molar refractivity (Wildman–Crippen MR) is 105 cm³/mol. The predicted octanol–water partition coefficient (Wildman–Crippen LogP) is 4.12. The van der Waals surface area contributed by atoms with Crippen LogP contribution in [0, 0.1) is 0 Å². The number of pyridine rings is 1. The number of carboxylic acid groups (broad SMARTS) is 1. The Bertz CT molecular complexity index is 1200. The number of aromatic amines is 1. The van der Waals surface area contributed by atoms with Gasteiger partial charge in [0.05, 0.1) is 16.6 Å². The lowest BCUT2D eigenvalue weighted by Gasteiger charge is -2.09. The lowest BCUT2D eigenvalue weighted by molar-refractivity contribution is -0.114. The van der Waals surface area contributed by atoms with Crippen molar-refractivity contribution in [1.29, 1.82) is 0 Å². The maximum Gasteiger partial charge on any atom is 0.335 e. The molecule has 0 spiro atoms. The van der Waals surface area contributed by atoms with E-state index in [-0.39, 0.29) is 11.5 Å². The Labute approximate surface area is 154 Å². The van der Waals surface area contributed by atoms with Gasteiger partial charge in [-0.2, -0.15) is 0 Å². The molecule has 4 rings (SSSR count). The van der Waals surface area contributed by atoms with E-state index in [1.165, 1.54) is 6.92 Å². The van der Waals surface area contributed by atoms with Crippen molar-refractivity contribution >= 4 is 50.9 Å². The molecule has 1 amide bonds. The summed E-state index contributed by atoms with van der Waals surface area (Å²) in [5.74, 6) is -1.11. The first-order valence-electron chi connectivity index (χ1n) is 8.30. The molecule has 0 atom stereocenters. The molecule has 0 saturated carbocycles. The normalized spacial score (nSPS) is 10.9. The van der Waals surface area contributed by atoms with Crippen molar-refractivity contribution in [2.45, 2.75) is 6.92 Å². The van der Waals surface area contributed by atoms with Crippen LogP contribution in [0.4, 0.5) is 17.1 Å². The van der Waals surface area contributed by atoms with Gasteiger partial charge in [0.1, 0.15) is 5.65 Å². The molecule has 7 heteroatoms. The summed E-state index contributed by atoms with van der Waals surface area (Å²) in [6.07, 6.45) is 1.68. The third-order valence-corrected chi connectivity index (χ3v) is 4.20. The monoisotopic (exact) mass is 360 g/mol. The molecule has 134 valence electrons. The Morgan fingerprint density at radius 2 is 1.93 bits per heavy atom. The van der Waals surface area contributed by atoms with Crippen molar-refractivity contribution in [3.63, 3.8) is 0 Å². The highest BCUT2D eigenvalue weighted by Crippen LogP contribution is 2.33. The minimum Gasteiger partial charge on any atom is -0.478 e. The van der Waals surface area contributed by atoms with Gasteiger partial charge in [0.15, 0.2) is 0 Å². The third-order valence-electron chi connectivity index (χ3n) is 4.20. The Kier molecular flexibility index (Phi) is 3.97. The number of nitrogens with one attached hydrogen (secondary N) is 3. The lowest BCUT2D eigenvalue weighted by atomic mass is 10.1. The van der Waals surface area contributed by atoms with Crippen LogP contribution < -0.4 is 10.6 Å². The van der Waals surface area contributed by atoms with Crippen LogP contribution in [0.3, 0.4) is 0 Å². The molecule has 7 nitrogen and oxygen atoms in total. The van der Waals surface area contributed by atoms with Crippen LogP contribution in [0.1, 0.15) is 17.3 Å². The number of carbonyl (C=O) groups is 2. The fraction of sp³-hybridized carbons (Fsp3) is 0.0500. The zero-order valence-electron chi connectivity index (χ0n) is 14.4. The minimum absolute atomic E-state index is 0.135. The molecule has 0 saturated heterocycles. The summed E-state index contributed by atoms with van der Waals surface area (Å²) in [5, 5.41) is 17.0. The van der Waals surface area contributed by atoms with Gasteiger partial charge >= 0.3 is 5.97 Å². The van der Waals surface area contributed by atoms with Crippen LogP contribution in [0.15, 0.2) is 54.7 Å². The second-order valence-corrected chi connectivity index (χ2v) is 6.16. The average molecular weight is 360 g/mol. The van der Waals surface area contributed by atoms with Crippen molar-refractivity contribution < 1.29 is 14.7 Å². The van der Waals surface area contributed by atoms with E-state index in [1.54, 1.807) is 24.4 Å². The standard InChI is InChI=1S/C20H16N4O3/c1-11(25)22-14-5-6-15-17(10-14)24-19-18(15)16(7-8-21-19)23-13-4-2-3-12(9-13)20(26)27/h2-10H,1H3,(H,22,25)(H,26,27)(H2,21,23,24). The van der Waals surface area contributed by atoms with Crippen molar-refractivity contribution in [2.75, 3.05) is 10.6 Å². The quantitative estimate of drug-likeness (QED) is 0.438. The Balaban J connectivity index is 1.80. The maximum absolute atomic E-state index is 11.3. The highest BCUT2D eigenvalue weighted by Gasteiger charge is 2.12. The van der Waals surface area contributed by atoms with Gasteiger partial charge in [-0.1, -0.05) is 12.1 Å². The Hall–Kier alpha value is -3.87. The molecule has 0 aliphatic carbocycles. The molecule has 2 aromatic carbocycles. The number of aromatic nitrogens is 2.